The molecule has 0 unspecified atom stereocenters. The molecule has 34 heavy (non-hydrogen) atoms. The molecule has 2 aromatic heterocycles. The van der Waals surface area contributed by atoms with E-state index in [0.717, 1.165) is 25.7 Å². The summed E-state index contributed by atoms with van der Waals surface area (Å²) in [7, 11) is 3.04. The molecule has 0 amide bonds. The number of aliphatic imine (C=N–C) groups is 1. The maximum atomic E-state index is 15.2. The highest BCUT2D eigenvalue weighted by Gasteiger charge is 2.49. The molecule has 1 fully saturated rings. The second-order valence-electron chi connectivity index (χ2n) is 8.88. The monoisotopic (exact) mass is 482 g/mol. The van der Waals surface area contributed by atoms with Gasteiger partial charge in [-0.15, -0.1) is 0 Å². The summed E-state index contributed by atoms with van der Waals surface area (Å²) in [4.78, 5) is 13.4. The molecule has 1 saturated carbocycles. The van der Waals surface area contributed by atoms with Gasteiger partial charge in [0.1, 0.15) is 23.0 Å². The number of hydrogen-bond donors (Lipinski definition) is 1. The maximum absolute atomic E-state index is 15.2. The lowest BCUT2D eigenvalue weighted by molar-refractivity contribution is 0.395. The van der Waals surface area contributed by atoms with Gasteiger partial charge in [-0.3, -0.25) is 9.36 Å². The summed E-state index contributed by atoms with van der Waals surface area (Å²) >= 11 is 0. The van der Waals surface area contributed by atoms with Gasteiger partial charge in [0, 0.05) is 30.0 Å². The molecule has 10 heteroatoms. The number of benzene rings is 1. The Labute approximate surface area is 199 Å². The van der Waals surface area contributed by atoms with Gasteiger partial charge in [-0.2, -0.15) is 0 Å². The van der Waals surface area contributed by atoms with E-state index in [1.54, 1.807) is 24.4 Å². The highest BCUT2D eigenvalue weighted by Crippen LogP contribution is 2.45. The summed E-state index contributed by atoms with van der Waals surface area (Å²) < 4.78 is 30.3. The summed E-state index contributed by atoms with van der Waals surface area (Å²) in [5.74, 6) is 1.82. The third kappa shape index (κ3) is 3.70. The number of nitrogens with two attached hydrogens (primary N) is 1. The summed E-state index contributed by atoms with van der Waals surface area (Å²) in [6.45, 7) is 1.94. The van der Waals surface area contributed by atoms with Gasteiger partial charge < -0.3 is 15.0 Å². The van der Waals surface area contributed by atoms with Gasteiger partial charge >= 0.3 is 0 Å². The average molecular weight is 483 g/mol. The van der Waals surface area contributed by atoms with Crippen molar-refractivity contribution in [3.05, 3.63) is 48.0 Å². The van der Waals surface area contributed by atoms with Crippen molar-refractivity contribution < 1.29 is 13.7 Å². The minimum absolute atomic E-state index is 0.165. The lowest BCUT2D eigenvalue weighted by Gasteiger charge is -2.42. The molecular formula is C24H27FN6O2S. The second kappa shape index (κ2) is 8.57. The molecular weight excluding hydrogens is 455 g/mol. The SMILES string of the molecule is CN=[S@@]1C[C@@](C)(c2cc(-c3cc(-c4cnc(OC)cn4)no3)ccc2F)N=C(N)C12CCCC2. The minimum atomic E-state index is -0.815. The van der Waals surface area contributed by atoms with E-state index in [1.165, 1.54) is 19.4 Å². The molecule has 2 atom stereocenters. The normalized spacial score (nSPS) is 23.9. The Morgan fingerprint density at radius 1 is 1.15 bits per heavy atom. The second-order valence-corrected chi connectivity index (χ2v) is 11.0. The fourth-order valence-corrected chi connectivity index (χ4v) is 7.47. The van der Waals surface area contributed by atoms with E-state index in [2.05, 4.69) is 15.1 Å². The Morgan fingerprint density at radius 3 is 2.62 bits per heavy atom. The van der Waals surface area contributed by atoms with Crippen LogP contribution in [0.25, 0.3) is 22.7 Å². The zero-order valence-electron chi connectivity index (χ0n) is 19.4. The number of aromatic nitrogens is 3. The van der Waals surface area contributed by atoms with Gasteiger partial charge in [-0.1, -0.05) is 28.7 Å². The van der Waals surface area contributed by atoms with Crippen LogP contribution in [-0.2, 0) is 16.2 Å². The first-order valence-corrected chi connectivity index (χ1v) is 12.5. The number of methoxy groups -OCH3 is 1. The van der Waals surface area contributed by atoms with Crippen molar-refractivity contribution in [2.75, 3.05) is 19.9 Å². The maximum Gasteiger partial charge on any atom is 0.232 e. The average Bonchev–Trinajstić information content (AvgIpc) is 3.53. The molecule has 3 aromatic rings. The zero-order chi connectivity index (χ0) is 23.9. The van der Waals surface area contributed by atoms with Crippen LogP contribution in [0.1, 0.15) is 38.2 Å². The van der Waals surface area contributed by atoms with Crippen LogP contribution in [0.2, 0.25) is 0 Å². The van der Waals surface area contributed by atoms with Crippen molar-refractivity contribution in [2.24, 2.45) is 15.1 Å². The van der Waals surface area contributed by atoms with Crippen molar-refractivity contribution in [3.8, 4) is 28.6 Å². The van der Waals surface area contributed by atoms with Crippen LogP contribution in [-0.4, -0.2) is 45.6 Å². The quantitative estimate of drug-likeness (QED) is 0.594. The zero-order valence-corrected chi connectivity index (χ0v) is 20.2. The van der Waals surface area contributed by atoms with Crippen LogP contribution in [0.3, 0.4) is 0 Å². The summed E-state index contributed by atoms with van der Waals surface area (Å²) in [5, 5.41) is 4.11. The minimum Gasteiger partial charge on any atom is -0.480 e. The van der Waals surface area contributed by atoms with Crippen LogP contribution in [0.4, 0.5) is 4.39 Å². The number of rotatable bonds is 4. The first-order valence-electron chi connectivity index (χ1n) is 11.2. The van der Waals surface area contributed by atoms with Gasteiger partial charge in [0.05, 0.1) is 29.8 Å². The Bertz CT molecular complexity index is 1280. The Morgan fingerprint density at radius 2 is 1.94 bits per heavy atom. The van der Waals surface area contributed by atoms with E-state index in [9.17, 15) is 0 Å². The van der Waals surface area contributed by atoms with Gasteiger partial charge in [-0.25, -0.2) is 14.4 Å². The molecule has 0 bridgehead atoms. The molecule has 1 spiro atoms. The van der Waals surface area contributed by atoms with E-state index in [-0.39, 0.29) is 21.3 Å². The summed E-state index contributed by atoms with van der Waals surface area (Å²) in [5.41, 5.74) is 7.99. The highest BCUT2D eigenvalue weighted by atomic mass is 32.2. The van der Waals surface area contributed by atoms with Crippen LogP contribution in [0.5, 0.6) is 5.88 Å². The van der Waals surface area contributed by atoms with Crippen molar-refractivity contribution >= 4 is 16.5 Å². The first kappa shape index (κ1) is 22.6. The van der Waals surface area contributed by atoms with Gasteiger partial charge in [0.2, 0.25) is 5.88 Å². The standard InChI is InChI=1S/C24H27FN6O2S/c1-23(14-34(27-2)24(22(26)30-23)8-4-5-9-24)16-10-15(6-7-17(16)25)20-11-18(31-33-20)19-12-29-21(32-3)13-28-19/h6-7,10-13H,4-5,8-9,14H2,1-3H3,(H2,26,30)/t23-,34+/m0/s1. The Hall–Kier alpha value is -3.14. The predicted molar refractivity (Wildman–Crippen MR) is 130 cm³/mol. The Balaban J connectivity index is 1.51. The largest absolute Gasteiger partial charge is 0.480 e. The summed E-state index contributed by atoms with van der Waals surface area (Å²) in [6.07, 6.45) is 7.32. The van der Waals surface area contributed by atoms with Gasteiger partial charge in [0.25, 0.3) is 0 Å². The smallest absolute Gasteiger partial charge is 0.232 e. The van der Waals surface area contributed by atoms with Crippen LogP contribution in [0.15, 0.2) is 50.5 Å². The molecule has 2 N–H and O–H groups in total. The first-order chi connectivity index (χ1) is 16.4. The molecule has 1 aliphatic carbocycles. The van der Waals surface area contributed by atoms with Crippen molar-refractivity contribution in [1.29, 1.82) is 0 Å². The van der Waals surface area contributed by atoms with Gasteiger partial charge in [0.15, 0.2) is 5.76 Å². The number of halogens is 1. The number of ether oxygens (including phenoxy) is 1. The highest BCUT2D eigenvalue weighted by molar-refractivity contribution is 7.89. The van der Waals surface area contributed by atoms with E-state index in [1.807, 2.05) is 14.0 Å². The number of nitrogens with zero attached hydrogens (tertiary/aromatic N) is 5. The van der Waals surface area contributed by atoms with E-state index >= 15 is 4.39 Å². The molecule has 0 saturated heterocycles. The van der Waals surface area contributed by atoms with Crippen molar-refractivity contribution in [3.63, 3.8) is 0 Å². The van der Waals surface area contributed by atoms with Crippen LogP contribution < -0.4 is 10.5 Å². The topological polar surface area (TPSA) is 112 Å². The molecule has 1 aliphatic heterocycles. The van der Waals surface area contributed by atoms with Crippen molar-refractivity contribution in [1.82, 2.24) is 15.1 Å². The molecule has 178 valence electrons. The molecule has 5 rings (SSSR count). The lowest BCUT2D eigenvalue weighted by Crippen LogP contribution is -2.54. The third-order valence-electron chi connectivity index (χ3n) is 6.78. The molecule has 0 radical (unpaired) electrons. The van der Waals surface area contributed by atoms with Crippen LogP contribution >= 0.6 is 0 Å². The lowest BCUT2D eigenvalue weighted by atomic mass is 9.91. The number of hydrogen-bond acceptors (Lipinski definition) is 8. The van der Waals surface area contributed by atoms with Gasteiger partial charge in [-0.05, 0) is 38.0 Å². The molecule has 3 heterocycles. The molecule has 1 aromatic carbocycles. The van der Waals surface area contributed by atoms with E-state index in [0.29, 0.717) is 45.7 Å². The van der Waals surface area contributed by atoms with E-state index < -0.39 is 5.54 Å². The predicted octanol–water partition coefficient (Wildman–Crippen LogP) is 4.28. The Kier molecular flexibility index (Phi) is 5.71. The van der Waals surface area contributed by atoms with Crippen LogP contribution in [0, 0.1) is 5.82 Å². The fourth-order valence-electron chi connectivity index (χ4n) is 4.92. The van der Waals surface area contributed by atoms with Crippen molar-refractivity contribution in [2.45, 2.75) is 42.9 Å². The van der Waals surface area contributed by atoms with E-state index in [4.69, 9.17) is 24.3 Å². The third-order valence-corrected chi connectivity index (χ3v) is 9.57. The number of amidine groups is 1. The molecule has 2 aliphatic rings. The molecule has 8 nitrogen and oxygen atoms in total. The summed E-state index contributed by atoms with van der Waals surface area (Å²) in [6, 6.07) is 6.65. The fraction of sp³-hybridized carbons (Fsp3) is 0.417.